The van der Waals surface area contributed by atoms with Crippen LogP contribution in [0.3, 0.4) is 0 Å². The fourth-order valence-corrected chi connectivity index (χ4v) is 1.49. The second-order valence-corrected chi connectivity index (χ2v) is 3.85. The summed E-state index contributed by atoms with van der Waals surface area (Å²) >= 11 is 0. The Morgan fingerprint density at radius 2 is 1.94 bits per heavy atom. The lowest BCUT2D eigenvalue weighted by atomic mass is 10.00. The molecule has 0 bridgehead atoms. The third-order valence-electron chi connectivity index (χ3n) is 2.30. The lowest BCUT2D eigenvalue weighted by molar-refractivity contribution is -0.153. The molecule has 0 aliphatic rings. The van der Waals surface area contributed by atoms with Crippen LogP contribution in [0.15, 0.2) is 24.3 Å². The molecule has 0 saturated carbocycles. The highest BCUT2D eigenvalue weighted by Gasteiger charge is 2.25. The highest BCUT2D eigenvalue weighted by atomic mass is 16.4. The Balaban J connectivity index is 2.91. The zero-order valence-corrected chi connectivity index (χ0v) is 9.33. The van der Waals surface area contributed by atoms with Crippen LogP contribution in [0.4, 0.5) is 0 Å². The van der Waals surface area contributed by atoms with E-state index in [0.717, 1.165) is 0 Å². The first-order chi connectivity index (χ1) is 7.91. The number of hydrogen-bond donors (Lipinski definition) is 3. The van der Waals surface area contributed by atoms with E-state index in [1.54, 1.807) is 12.1 Å². The number of aliphatic hydroxyl groups is 2. The van der Waals surface area contributed by atoms with Gasteiger partial charge in [0.15, 0.2) is 6.10 Å². The van der Waals surface area contributed by atoms with Gasteiger partial charge in [-0.15, -0.1) is 0 Å². The smallest absolute Gasteiger partial charge is 0.335 e. The summed E-state index contributed by atoms with van der Waals surface area (Å²) in [6, 6.07) is 6.31. The number of carbonyl (C=O) groups excluding carboxylic acids is 1. The Bertz CT molecular complexity index is 427. The van der Waals surface area contributed by atoms with Crippen LogP contribution in [0.5, 0.6) is 0 Å². The second kappa shape index (κ2) is 5.56. The molecule has 5 nitrogen and oxygen atoms in total. The summed E-state index contributed by atoms with van der Waals surface area (Å²) in [7, 11) is 0. The summed E-state index contributed by atoms with van der Waals surface area (Å²) in [5.41, 5.74) is 0.949. The molecule has 92 valence electrons. The maximum atomic E-state index is 10.9. The molecule has 1 aromatic carbocycles. The number of hydrogen-bond acceptors (Lipinski definition) is 4. The fraction of sp³-hybridized carbons (Fsp3) is 0.333. The summed E-state index contributed by atoms with van der Waals surface area (Å²) in [4.78, 5) is 21.4. The van der Waals surface area contributed by atoms with Gasteiger partial charge in [-0.1, -0.05) is 24.3 Å². The Morgan fingerprint density at radius 1 is 1.29 bits per heavy atom. The van der Waals surface area contributed by atoms with Crippen molar-refractivity contribution in [2.45, 2.75) is 25.6 Å². The molecule has 0 radical (unpaired) electrons. The minimum Gasteiger partial charge on any atom is -0.479 e. The number of carboxylic acid groups (broad SMARTS) is 1. The van der Waals surface area contributed by atoms with Crippen LogP contribution in [0.25, 0.3) is 0 Å². The van der Waals surface area contributed by atoms with E-state index >= 15 is 0 Å². The first kappa shape index (κ1) is 13.3. The van der Waals surface area contributed by atoms with E-state index in [9.17, 15) is 19.8 Å². The van der Waals surface area contributed by atoms with Gasteiger partial charge in [0, 0.05) is 6.42 Å². The average Bonchev–Trinajstić information content (AvgIpc) is 2.26. The predicted molar refractivity (Wildman–Crippen MR) is 59.4 cm³/mol. The van der Waals surface area contributed by atoms with Crippen LogP contribution >= 0.6 is 0 Å². The maximum absolute atomic E-state index is 10.9. The van der Waals surface area contributed by atoms with Gasteiger partial charge < -0.3 is 15.3 Å². The first-order valence-electron chi connectivity index (χ1n) is 5.09. The van der Waals surface area contributed by atoms with Gasteiger partial charge in [-0.25, -0.2) is 4.79 Å². The van der Waals surface area contributed by atoms with Crippen molar-refractivity contribution in [2.24, 2.45) is 0 Å². The van der Waals surface area contributed by atoms with Crippen molar-refractivity contribution >= 4 is 11.8 Å². The monoisotopic (exact) mass is 238 g/mol. The average molecular weight is 238 g/mol. The molecule has 0 spiro atoms. The van der Waals surface area contributed by atoms with Gasteiger partial charge in [-0.2, -0.15) is 0 Å². The molecule has 2 atom stereocenters. The minimum atomic E-state index is -1.87. The van der Waals surface area contributed by atoms with Crippen LogP contribution in [-0.4, -0.2) is 33.2 Å². The zero-order valence-electron chi connectivity index (χ0n) is 9.33. The number of carboxylic acids is 1. The van der Waals surface area contributed by atoms with E-state index in [1.165, 1.54) is 19.1 Å². The number of benzene rings is 1. The van der Waals surface area contributed by atoms with Crippen LogP contribution in [0, 0.1) is 0 Å². The van der Waals surface area contributed by atoms with Crippen LogP contribution in [0.1, 0.15) is 24.2 Å². The largest absolute Gasteiger partial charge is 0.479 e. The molecule has 0 aliphatic heterocycles. The summed E-state index contributed by atoms with van der Waals surface area (Å²) in [6.07, 6.45) is -3.16. The Labute approximate surface area is 98.3 Å². The standard InChI is InChI=1S/C12H14O5/c1-7(13)5-8-3-2-4-9(6-8)10(14)11(15)12(16)17/h2-4,6,10-11,14-15H,5H2,1H3,(H,16,17). The van der Waals surface area contributed by atoms with Crippen molar-refractivity contribution in [1.29, 1.82) is 0 Å². The number of carbonyl (C=O) groups is 2. The maximum Gasteiger partial charge on any atom is 0.335 e. The topological polar surface area (TPSA) is 94.8 Å². The van der Waals surface area contributed by atoms with Crippen molar-refractivity contribution in [3.8, 4) is 0 Å². The summed E-state index contributed by atoms with van der Waals surface area (Å²) < 4.78 is 0. The molecular weight excluding hydrogens is 224 g/mol. The summed E-state index contributed by atoms with van der Waals surface area (Å²) in [5, 5.41) is 27.4. The molecule has 0 aliphatic carbocycles. The number of Topliss-reactive ketones (excluding diaryl/α,β-unsaturated/α-hetero) is 1. The van der Waals surface area contributed by atoms with Gasteiger partial charge in [0.1, 0.15) is 11.9 Å². The zero-order chi connectivity index (χ0) is 13.0. The van der Waals surface area contributed by atoms with E-state index in [-0.39, 0.29) is 17.8 Å². The first-order valence-corrected chi connectivity index (χ1v) is 5.09. The number of ketones is 1. The molecule has 1 rings (SSSR count). The van der Waals surface area contributed by atoms with Gasteiger partial charge in [0.05, 0.1) is 0 Å². The normalized spacial score (nSPS) is 14.1. The van der Waals surface area contributed by atoms with E-state index < -0.39 is 18.2 Å². The van der Waals surface area contributed by atoms with E-state index in [2.05, 4.69) is 0 Å². The van der Waals surface area contributed by atoms with Gasteiger partial charge >= 0.3 is 5.97 Å². The molecule has 0 saturated heterocycles. The quantitative estimate of drug-likeness (QED) is 0.685. The molecule has 1 aromatic rings. The Kier molecular flexibility index (Phi) is 4.37. The van der Waals surface area contributed by atoms with E-state index in [4.69, 9.17) is 5.11 Å². The Hall–Kier alpha value is -1.72. The van der Waals surface area contributed by atoms with Crippen LogP contribution in [0.2, 0.25) is 0 Å². The molecule has 0 fully saturated rings. The number of aliphatic hydroxyl groups excluding tert-OH is 2. The van der Waals surface area contributed by atoms with Crippen molar-refractivity contribution in [1.82, 2.24) is 0 Å². The molecule has 3 N–H and O–H groups in total. The van der Waals surface area contributed by atoms with Crippen LogP contribution < -0.4 is 0 Å². The molecule has 2 unspecified atom stereocenters. The summed E-state index contributed by atoms with van der Waals surface area (Å²) in [6.45, 7) is 1.44. The van der Waals surface area contributed by atoms with E-state index in [1.807, 2.05) is 0 Å². The Morgan fingerprint density at radius 3 is 2.47 bits per heavy atom. The van der Waals surface area contributed by atoms with Crippen molar-refractivity contribution in [3.05, 3.63) is 35.4 Å². The molecular formula is C12H14O5. The number of aliphatic carboxylic acids is 1. The minimum absolute atomic E-state index is 0.0320. The van der Waals surface area contributed by atoms with Gasteiger partial charge in [0.2, 0.25) is 0 Å². The third-order valence-corrected chi connectivity index (χ3v) is 2.30. The lowest BCUT2D eigenvalue weighted by Crippen LogP contribution is -2.27. The van der Waals surface area contributed by atoms with Gasteiger partial charge in [-0.05, 0) is 18.1 Å². The van der Waals surface area contributed by atoms with Crippen LogP contribution in [-0.2, 0) is 16.0 Å². The molecule has 0 amide bonds. The van der Waals surface area contributed by atoms with Gasteiger partial charge in [-0.3, -0.25) is 4.79 Å². The van der Waals surface area contributed by atoms with Crippen molar-refractivity contribution in [2.75, 3.05) is 0 Å². The molecule has 0 heterocycles. The third kappa shape index (κ3) is 3.65. The van der Waals surface area contributed by atoms with E-state index in [0.29, 0.717) is 5.56 Å². The highest BCUT2D eigenvalue weighted by Crippen LogP contribution is 2.18. The predicted octanol–water partition coefficient (Wildman–Crippen LogP) is 0.297. The molecule has 5 heteroatoms. The molecule has 0 aromatic heterocycles. The molecule has 17 heavy (non-hydrogen) atoms. The van der Waals surface area contributed by atoms with Crippen molar-refractivity contribution in [3.63, 3.8) is 0 Å². The second-order valence-electron chi connectivity index (χ2n) is 3.85. The van der Waals surface area contributed by atoms with Crippen molar-refractivity contribution < 1.29 is 24.9 Å². The SMILES string of the molecule is CC(=O)Cc1cccc(C(O)C(O)C(=O)O)c1. The lowest BCUT2D eigenvalue weighted by Gasteiger charge is -2.15. The highest BCUT2D eigenvalue weighted by molar-refractivity contribution is 5.78. The summed E-state index contributed by atoms with van der Waals surface area (Å²) in [5.74, 6) is -1.52. The van der Waals surface area contributed by atoms with Gasteiger partial charge in [0.25, 0.3) is 0 Å². The fourth-order valence-electron chi connectivity index (χ4n) is 1.49. The number of rotatable bonds is 5.